The van der Waals surface area contributed by atoms with Crippen LogP contribution in [0.5, 0.6) is 11.5 Å². The summed E-state index contributed by atoms with van der Waals surface area (Å²) in [4.78, 5) is 30.4. The molecule has 2 amide bonds. The molecule has 29 heavy (non-hydrogen) atoms. The van der Waals surface area contributed by atoms with E-state index in [0.29, 0.717) is 43.2 Å². The van der Waals surface area contributed by atoms with Gasteiger partial charge in [0.2, 0.25) is 5.91 Å². The molecule has 0 aliphatic carbocycles. The Morgan fingerprint density at radius 3 is 2.69 bits per heavy atom. The highest BCUT2D eigenvalue weighted by molar-refractivity contribution is 5.95. The Labute approximate surface area is 171 Å². The van der Waals surface area contributed by atoms with E-state index in [2.05, 4.69) is 10.3 Å². The lowest BCUT2D eigenvalue weighted by Gasteiger charge is -2.15. The lowest BCUT2D eigenvalue weighted by atomic mass is 10.2. The zero-order valence-corrected chi connectivity index (χ0v) is 16.7. The summed E-state index contributed by atoms with van der Waals surface area (Å²) in [5.41, 5.74) is 1.41. The quantitative estimate of drug-likeness (QED) is 0.704. The fourth-order valence-corrected chi connectivity index (χ4v) is 3.19. The number of pyridine rings is 1. The fourth-order valence-electron chi connectivity index (χ4n) is 3.19. The number of hydrogen-bond donors (Lipinski definition) is 1. The lowest BCUT2D eigenvalue weighted by molar-refractivity contribution is -0.129. The minimum absolute atomic E-state index is 0.0944. The largest absolute Gasteiger partial charge is 0.490 e. The van der Waals surface area contributed by atoms with E-state index in [1.165, 1.54) is 0 Å². The summed E-state index contributed by atoms with van der Waals surface area (Å²) < 4.78 is 11.5. The third kappa shape index (κ3) is 5.94. The molecule has 2 heterocycles. The molecule has 7 heteroatoms. The Morgan fingerprint density at radius 1 is 1.14 bits per heavy atom. The normalized spacial score (nSPS) is 13.2. The zero-order chi connectivity index (χ0) is 20.5. The number of likely N-dealkylation sites (tertiary alicyclic amines) is 1. The van der Waals surface area contributed by atoms with E-state index in [0.717, 1.165) is 31.5 Å². The maximum absolute atomic E-state index is 12.5. The van der Waals surface area contributed by atoms with E-state index in [4.69, 9.17) is 9.47 Å². The molecule has 3 rings (SSSR count). The van der Waals surface area contributed by atoms with Gasteiger partial charge in [-0.15, -0.1) is 0 Å². The van der Waals surface area contributed by atoms with Crippen LogP contribution in [0.4, 0.5) is 0 Å². The predicted molar refractivity (Wildman–Crippen MR) is 109 cm³/mol. The van der Waals surface area contributed by atoms with E-state index in [9.17, 15) is 9.59 Å². The van der Waals surface area contributed by atoms with E-state index >= 15 is 0 Å². The van der Waals surface area contributed by atoms with Gasteiger partial charge in [-0.3, -0.25) is 14.6 Å². The van der Waals surface area contributed by atoms with Gasteiger partial charge in [0.25, 0.3) is 5.91 Å². The van der Waals surface area contributed by atoms with E-state index in [-0.39, 0.29) is 11.8 Å². The van der Waals surface area contributed by atoms with Gasteiger partial charge in [0.15, 0.2) is 11.5 Å². The average Bonchev–Trinajstić information content (AvgIpc) is 3.29. The molecule has 0 saturated carbocycles. The highest BCUT2D eigenvalue weighted by Gasteiger charge is 2.18. The summed E-state index contributed by atoms with van der Waals surface area (Å²) in [5, 5.41) is 2.81. The van der Waals surface area contributed by atoms with Crippen molar-refractivity contribution in [2.24, 2.45) is 0 Å². The monoisotopic (exact) mass is 397 g/mol. The first-order valence-electron chi connectivity index (χ1n) is 10.0. The highest BCUT2D eigenvalue weighted by Crippen LogP contribution is 2.29. The van der Waals surface area contributed by atoms with Crippen LogP contribution < -0.4 is 14.8 Å². The van der Waals surface area contributed by atoms with Gasteiger partial charge in [0.1, 0.15) is 6.61 Å². The Balaban J connectivity index is 1.56. The summed E-state index contributed by atoms with van der Waals surface area (Å²) in [6.45, 7) is 4.66. The molecule has 1 aromatic heterocycles. The molecule has 0 spiro atoms. The van der Waals surface area contributed by atoms with Gasteiger partial charge in [-0.1, -0.05) is 6.07 Å². The SMILES string of the molecule is CCOc1cc(C(=O)NCCC(=O)N2CCCC2)ccc1OCc1cccnc1. The number of rotatable bonds is 9. The molecule has 1 aliphatic heterocycles. The number of hydrogen-bond acceptors (Lipinski definition) is 5. The first kappa shape index (κ1) is 20.6. The second-order valence-corrected chi connectivity index (χ2v) is 6.84. The van der Waals surface area contributed by atoms with Crippen LogP contribution in [0.3, 0.4) is 0 Å². The van der Waals surface area contributed by atoms with Crippen molar-refractivity contribution in [2.75, 3.05) is 26.2 Å². The maximum atomic E-state index is 12.5. The van der Waals surface area contributed by atoms with Gasteiger partial charge in [0, 0.05) is 49.6 Å². The summed E-state index contributed by atoms with van der Waals surface area (Å²) in [7, 11) is 0. The molecule has 1 saturated heterocycles. The van der Waals surface area contributed by atoms with Crippen LogP contribution in [0.1, 0.15) is 42.1 Å². The Bertz CT molecular complexity index is 820. The molecule has 2 aromatic rings. The number of amides is 2. The van der Waals surface area contributed by atoms with Crippen molar-refractivity contribution in [1.29, 1.82) is 0 Å². The minimum Gasteiger partial charge on any atom is -0.490 e. The summed E-state index contributed by atoms with van der Waals surface area (Å²) in [6, 6.07) is 8.87. The third-order valence-electron chi connectivity index (χ3n) is 4.71. The minimum atomic E-state index is -0.237. The predicted octanol–water partition coefficient (Wildman–Crippen LogP) is 2.80. The van der Waals surface area contributed by atoms with Gasteiger partial charge >= 0.3 is 0 Å². The van der Waals surface area contributed by atoms with Crippen molar-refractivity contribution in [3.63, 3.8) is 0 Å². The first-order chi connectivity index (χ1) is 14.2. The van der Waals surface area contributed by atoms with Gasteiger partial charge in [0.05, 0.1) is 6.61 Å². The Hall–Kier alpha value is -3.09. The van der Waals surface area contributed by atoms with Gasteiger partial charge in [-0.2, -0.15) is 0 Å². The first-order valence-corrected chi connectivity index (χ1v) is 10.0. The van der Waals surface area contributed by atoms with Crippen LogP contribution >= 0.6 is 0 Å². The number of carbonyl (C=O) groups excluding carboxylic acids is 2. The highest BCUT2D eigenvalue weighted by atomic mass is 16.5. The van der Waals surface area contributed by atoms with Crippen LogP contribution in [0.2, 0.25) is 0 Å². The van der Waals surface area contributed by atoms with E-state index in [1.807, 2.05) is 24.0 Å². The molecule has 1 fully saturated rings. The number of aromatic nitrogens is 1. The van der Waals surface area contributed by atoms with Crippen LogP contribution in [-0.2, 0) is 11.4 Å². The van der Waals surface area contributed by atoms with Crippen LogP contribution in [0.15, 0.2) is 42.7 Å². The van der Waals surface area contributed by atoms with Crippen LogP contribution in [0.25, 0.3) is 0 Å². The molecule has 0 unspecified atom stereocenters. The Kier molecular flexibility index (Phi) is 7.44. The standard InChI is InChI=1S/C22H27N3O4/c1-2-28-20-14-18(7-8-19(20)29-16-17-6-5-10-23-15-17)22(27)24-11-9-21(26)25-12-3-4-13-25/h5-8,10,14-15H,2-4,9,11-13,16H2,1H3,(H,24,27). The van der Waals surface area contributed by atoms with Crippen LogP contribution in [-0.4, -0.2) is 47.9 Å². The fraction of sp³-hybridized carbons (Fsp3) is 0.409. The second-order valence-electron chi connectivity index (χ2n) is 6.84. The van der Waals surface area contributed by atoms with Crippen molar-refractivity contribution >= 4 is 11.8 Å². The molecular weight excluding hydrogens is 370 g/mol. The smallest absolute Gasteiger partial charge is 0.251 e. The molecule has 0 atom stereocenters. The molecular formula is C22H27N3O4. The second kappa shape index (κ2) is 10.5. The number of nitrogens with zero attached hydrogens (tertiary/aromatic N) is 2. The number of benzene rings is 1. The van der Waals surface area contributed by atoms with Gasteiger partial charge in [-0.25, -0.2) is 0 Å². The number of ether oxygens (including phenoxy) is 2. The lowest BCUT2D eigenvalue weighted by Crippen LogP contribution is -2.32. The topological polar surface area (TPSA) is 80.8 Å². The van der Waals surface area contributed by atoms with Crippen molar-refractivity contribution in [2.45, 2.75) is 32.8 Å². The summed E-state index contributed by atoms with van der Waals surface area (Å²) in [5.74, 6) is 0.935. The van der Waals surface area contributed by atoms with Crippen molar-refractivity contribution in [1.82, 2.24) is 15.2 Å². The number of nitrogens with one attached hydrogen (secondary N) is 1. The molecule has 0 radical (unpaired) electrons. The molecule has 1 aromatic carbocycles. The average molecular weight is 397 g/mol. The van der Waals surface area contributed by atoms with Gasteiger partial charge < -0.3 is 19.7 Å². The van der Waals surface area contributed by atoms with Gasteiger partial charge in [-0.05, 0) is 44.0 Å². The third-order valence-corrected chi connectivity index (χ3v) is 4.71. The van der Waals surface area contributed by atoms with E-state index < -0.39 is 0 Å². The van der Waals surface area contributed by atoms with Crippen LogP contribution in [0, 0.1) is 0 Å². The molecule has 1 N–H and O–H groups in total. The van der Waals surface area contributed by atoms with Crippen molar-refractivity contribution < 1.29 is 19.1 Å². The van der Waals surface area contributed by atoms with E-state index in [1.54, 1.807) is 30.6 Å². The van der Waals surface area contributed by atoms with Crippen molar-refractivity contribution in [3.8, 4) is 11.5 Å². The molecule has 7 nitrogen and oxygen atoms in total. The number of carbonyl (C=O) groups is 2. The molecule has 1 aliphatic rings. The Morgan fingerprint density at radius 2 is 1.97 bits per heavy atom. The van der Waals surface area contributed by atoms with Crippen molar-refractivity contribution in [3.05, 3.63) is 53.9 Å². The maximum Gasteiger partial charge on any atom is 0.251 e. The summed E-state index contributed by atoms with van der Waals surface area (Å²) >= 11 is 0. The summed E-state index contributed by atoms with van der Waals surface area (Å²) in [6.07, 6.45) is 5.89. The molecule has 154 valence electrons. The molecule has 0 bridgehead atoms. The zero-order valence-electron chi connectivity index (χ0n) is 16.7.